The molecule has 0 radical (unpaired) electrons. The van der Waals surface area contributed by atoms with Crippen LogP contribution in [0.3, 0.4) is 0 Å². The summed E-state index contributed by atoms with van der Waals surface area (Å²) < 4.78 is 0. The number of amides is 1. The molecule has 1 spiro atoms. The van der Waals surface area contributed by atoms with Gasteiger partial charge in [0, 0.05) is 30.5 Å². The van der Waals surface area contributed by atoms with Crippen LogP contribution >= 0.6 is 23.2 Å². The Balaban J connectivity index is 1.26. The van der Waals surface area contributed by atoms with Crippen LogP contribution in [-0.4, -0.2) is 48.9 Å². The Bertz CT molecular complexity index is 1380. The van der Waals surface area contributed by atoms with Gasteiger partial charge in [0.1, 0.15) is 0 Å². The molecule has 0 bridgehead atoms. The van der Waals surface area contributed by atoms with Gasteiger partial charge in [-0.15, -0.1) is 0 Å². The van der Waals surface area contributed by atoms with Gasteiger partial charge in [0.2, 0.25) is 0 Å². The van der Waals surface area contributed by atoms with Gasteiger partial charge in [-0.25, -0.2) is 0 Å². The molecule has 5 heteroatoms. The molecular weight excluding hydrogens is 535 g/mol. The quantitative estimate of drug-likeness (QED) is 0.282. The molecule has 210 valence electrons. The Morgan fingerprint density at radius 3 is 2.35 bits per heavy atom. The number of carbonyl (C=O) groups is 1. The van der Waals surface area contributed by atoms with E-state index in [2.05, 4.69) is 80.3 Å². The van der Waals surface area contributed by atoms with Crippen LogP contribution in [0.25, 0.3) is 6.08 Å². The zero-order valence-corrected chi connectivity index (χ0v) is 25.6. The van der Waals surface area contributed by atoms with Crippen molar-refractivity contribution in [2.24, 2.45) is 0 Å². The van der Waals surface area contributed by atoms with Gasteiger partial charge in [0.05, 0.1) is 10.0 Å². The normalized spacial score (nSPS) is 17.1. The second-order valence-electron chi connectivity index (χ2n) is 12.6. The molecule has 1 saturated heterocycles. The van der Waals surface area contributed by atoms with Crippen molar-refractivity contribution in [2.45, 2.75) is 56.8 Å². The molecule has 5 rings (SSSR count). The SMILES string of the molecule is CN(C[C@@H](CCN1CCC2(C=Cc3ccccc32)CC1)c1ccc(Cl)c(Cl)c1)C(=O)c1ccc(C(C)(C)C)cc1. The molecule has 1 aliphatic heterocycles. The number of likely N-dealkylation sites (N-methyl/N-ethyl adjacent to an activating group) is 1. The Labute approximate surface area is 249 Å². The lowest BCUT2D eigenvalue weighted by Gasteiger charge is -2.40. The van der Waals surface area contributed by atoms with E-state index in [0.29, 0.717) is 16.6 Å². The van der Waals surface area contributed by atoms with E-state index in [1.165, 1.54) is 16.7 Å². The Hall–Kier alpha value is -2.59. The van der Waals surface area contributed by atoms with Gasteiger partial charge in [-0.05, 0) is 90.8 Å². The number of piperidine rings is 1. The van der Waals surface area contributed by atoms with Crippen LogP contribution in [0.2, 0.25) is 10.0 Å². The zero-order valence-electron chi connectivity index (χ0n) is 24.1. The fraction of sp³-hybridized carbons (Fsp3) is 0.400. The van der Waals surface area contributed by atoms with Crippen molar-refractivity contribution in [3.05, 3.63) is 111 Å². The van der Waals surface area contributed by atoms with Crippen LogP contribution in [0.4, 0.5) is 0 Å². The standard InChI is InChI=1S/C35H40Cl2N2O/c1-34(2,3)29-12-9-26(10-13-29)33(40)38(4)24-28(27-11-14-31(36)32(37)23-27)16-20-39-21-18-35(19-22-39)17-15-25-7-5-6-8-30(25)35/h5-15,17,23,28H,16,18-22,24H2,1-4H3/t28-/m1/s1. The first-order chi connectivity index (χ1) is 19.1. The van der Waals surface area contributed by atoms with Gasteiger partial charge >= 0.3 is 0 Å². The first-order valence-electron chi connectivity index (χ1n) is 14.4. The number of hydrogen-bond donors (Lipinski definition) is 0. The number of allylic oxidation sites excluding steroid dienone is 1. The lowest BCUT2D eigenvalue weighted by Crippen LogP contribution is -2.42. The summed E-state index contributed by atoms with van der Waals surface area (Å²) in [6.45, 7) is 10.3. The molecule has 1 aliphatic carbocycles. The van der Waals surface area contributed by atoms with Crippen molar-refractivity contribution in [1.29, 1.82) is 0 Å². The van der Waals surface area contributed by atoms with Crippen molar-refractivity contribution in [3.8, 4) is 0 Å². The van der Waals surface area contributed by atoms with E-state index in [1.54, 1.807) is 0 Å². The summed E-state index contributed by atoms with van der Waals surface area (Å²) in [6, 6.07) is 22.8. The largest absolute Gasteiger partial charge is 0.341 e. The maximum absolute atomic E-state index is 13.4. The molecule has 40 heavy (non-hydrogen) atoms. The van der Waals surface area contributed by atoms with E-state index in [0.717, 1.165) is 50.0 Å². The van der Waals surface area contributed by atoms with Crippen molar-refractivity contribution in [1.82, 2.24) is 9.80 Å². The maximum Gasteiger partial charge on any atom is 0.253 e. The van der Waals surface area contributed by atoms with E-state index < -0.39 is 0 Å². The van der Waals surface area contributed by atoms with E-state index >= 15 is 0 Å². The lowest BCUT2D eigenvalue weighted by atomic mass is 9.74. The van der Waals surface area contributed by atoms with Crippen molar-refractivity contribution in [2.75, 3.05) is 33.2 Å². The molecule has 0 aromatic heterocycles. The number of nitrogens with zero attached hydrogens (tertiary/aromatic N) is 2. The minimum absolute atomic E-state index is 0.0390. The fourth-order valence-corrected chi connectivity index (χ4v) is 6.57. The number of carbonyl (C=O) groups excluding carboxylic acids is 1. The predicted molar refractivity (Wildman–Crippen MR) is 169 cm³/mol. The average molecular weight is 576 g/mol. The molecule has 3 aromatic rings. The van der Waals surface area contributed by atoms with E-state index in [1.807, 2.05) is 36.2 Å². The van der Waals surface area contributed by atoms with Crippen LogP contribution in [0.1, 0.15) is 78.6 Å². The molecule has 0 unspecified atom stereocenters. The van der Waals surface area contributed by atoms with E-state index in [9.17, 15) is 4.79 Å². The zero-order chi connectivity index (χ0) is 28.5. The highest BCUT2D eigenvalue weighted by Gasteiger charge is 2.37. The minimum Gasteiger partial charge on any atom is -0.341 e. The summed E-state index contributed by atoms with van der Waals surface area (Å²) in [5.41, 5.74) is 6.16. The van der Waals surface area contributed by atoms with Gasteiger partial charge < -0.3 is 9.80 Å². The monoisotopic (exact) mass is 574 g/mol. The van der Waals surface area contributed by atoms with E-state index in [-0.39, 0.29) is 22.7 Å². The third kappa shape index (κ3) is 6.17. The molecule has 3 aromatic carbocycles. The highest BCUT2D eigenvalue weighted by Crippen LogP contribution is 2.43. The smallest absolute Gasteiger partial charge is 0.253 e. The van der Waals surface area contributed by atoms with Gasteiger partial charge in [-0.1, -0.05) is 98.6 Å². The first-order valence-corrected chi connectivity index (χ1v) is 15.1. The Morgan fingerprint density at radius 2 is 1.68 bits per heavy atom. The minimum atomic E-state index is 0.0390. The molecule has 2 aliphatic rings. The summed E-state index contributed by atoms with van der Waals surface area (Å²) in [5, 5.41) is 1.11. The summed E-state index contributed by atoms with van der Waals surface area (Å²) >= 11 is 12.7. The highest BCUT2D eigenvalue weighted by atomic mass is 35.5. The molecule has 1 amide bonds. The second-order valence-corrected chi connectivity index (χ2v) is 13.4. The van der Waals surface area contributed by atoms with Crippen molar-refractivity contribution >= 4 is 35.2 Å². The molecule has 1 heterocycles. The van der Waals surface area contributed by atoms with Crippen LogP contribution in [0.5, 0.6) is 0 Å². The number of likely N-dealkylation sites (tertiary alicyclic amines) is 1. The van der Waals surface area contributed by atoms with Crippen LogP contribution in [-0.2, 0) is 10.8 Å². The predicted octanol–water partition coefficient (Wildman–Crippen LogP) is 8.60. The van der Waals surface area contributed by atoms with Crippen molar-refractivity contribution < 1.29 is 4.79 Å². The summed E-state index contributed by atoms with van der Waals surface area (Å²) in [7, 11) is 1.90. The summed E-state index contributed by atoms with van der Waals surface area (Å²) in [4.78, 5) is 17.8. The maximum atomic E-state index is 13.4. The average Bonchev–Trinajstić information content (AvgIpc) is 3.30. The first kappa shape index (κ1) is 28.9. The molecule has 0 N–H and O–H groups in total. The number of benzene rings is 3. The van der Waals surface area contributed by atoms with Gasteiger partial charge in [0.25, 0.3) is 5.91 Å². The Kier molecular flexibility index (Phi) is 8.47. The van der Waals surface area contributed by atoms with Gasteiger partial charge in [-0.2, -0.15) is 0 Å². The summed E-state index contributed by atoms with van der Waals surface area (Å²) in [5.74, 6) is 0.192. The Morgan fingerprint density at radius 1 is 0.975 bits per heavy atom. The number of hydrogen-bond acceptors (Lipinski definition) is 2. The second kappa shape index (κ2) is 11.7. The number of fused-ring (bicyclic) bond motifs is 2. The molecule has 1 atom stereocenters. The fourth-order valence-electron chi connectivity index (χ4n) is 6.26. The van der Waals surface area contributed by atoms with Gasteiger partial charge in [-0.3, -0.25) is 4.79 Å². The summed E-state index contributed by atoms with van der Waals surface area (Å²) in [6.07, 6.45) is 7.96. The van der Waals surface area contributed by atoms with Crippen LogP contribution < -0.4 is 0 Å². The van der Waals surface area contributed by atoms with Crippen LogP contribution in [0, 0.1) is 0 Å². The molecular formula is C35H40Cl2N2O. The van der Waals surface area contributed by atoms with Gasteiger partial charge in [0.15, 0.2) is 0 Å². The highest BCUT2D eigenvalue weighted by molar-refractivity contribution is 6.42. The van der Waals surface area contributed by atoms with E-state index in [4.69, 9.17) is 23.2 Å². The third-order valence-corrected chi connectivity index (χ3v) is 9.61. The molecule has 3 nitrogen and oxygen atoms in total. The van der Waals surface area contributed by atoms with Crippen molar-refractivity contribution in [3.63, 3.8) is 0 Å². The lowest BCUT2D eigenvalue weighted by molar-refractivity contribution is 0.0781. The number of rotatable bonds is 7. The molecule has 1 fully saturated rings. The van der Waals surface area contributed by atoms with Crippen LogP contribution in [0.15, 0.2) is 72.8 Å². The third-order valence-electron chi connectivity index (χ3n) is 8.88. The topological polar surface area (TPSA) is 23.6 Å². The molecule has 0 saturated carbocycles. The number of halogens is 2.